The Bertz CT molecular complexity index is 369. The second-order valence-electron chi connectivity index (χ2n) is 3.25. The van der Waals surface area contributed by atoms with Crippen molar-refractivity contribution in [2.24, 2.45) is 5.73 Å². The lowest BCUT2D eigenvalue weighted by atomic mass is 10.2. The molecule has 88 valence electrons. The zero-order chi connectivity index (χ0) is 12.0. The van der Waals surface area contributed by atoms with Crippen LogP contribution in [0.25, 0.3) is 0 Å². The van der Waals surface area contributed by atoms with Crippen molar-refractivity contribution < 1.29 is 13.9 Å². The SMILES string of the molecule is COc1cc(C(=O)NCCCN)ccc1F. The summed E-state index contributed by atoms with van der Waals surface area (Å²) in [5.74, 6) is -0.681. The molecule has 1 amide bonds. The Kier molecular flexibility index (Phi) is 4.72. The van der Waals surface area contributed by atoms with Crippen LogP contribution in [0.5, 0.6) is 5.75 Å². The van der Waals surface area contributed by atoms with Crippen molar-refractivity contribution in [3.8, 4) is 5.75 Å². The van der Waals surface area contributed by atoms with E-state index in [4.69, 9.17) is 10.5 Å². The van der Waals surface area contributed by atoms with Crippen LogP contribution in [0.15, 0.2) is 18.2 Å². The average Bonchev–Trinajstić information content (AvgIpc) is 2.30. The summed E-state index contributed by atoms with van der Waals surface area (Å²) in [5, 5.41) is 2.67. The number of benzene rings is 1. The second-order valence-corrected chi connectivity index (χ2v) is 3.25. The third-order valence-electron chi connectivity index (χ3n) is 2.08. The van der Waals surface area contributed by atoms with Crippen molar-refractivity contribution in [1.82, 2.24) is 5.32 Å². The Hall–Kier alpha value is -1.62. The molecule has 0 aromatic heterocycles. The molecule has 0 atom stereocenters. The minimum Gasteiger partial charge on any atom is -0.494 e. The van der Waals surface area contributed by atoms with E-state index in [0.29, 0.717) is 25.1 Å². The third-order valence-corrected chi connectivity index (χ3v) is 2.08. The van der Waals surface area contributed by atoms with E-state index in [9.17, 15) is 9.18 Å². The molecule has 0 saturated heterocycles. The zero-order valence-electron chi connectivity index (χ0n) is 9.13. The van der Waals surface area contributed by atoms with Crippen molar-refractivity contribution in [2.45, 2.75) is 6.42 Å². The number of halogens is 1. The number of carbonyl (C=O) groups is 1. The van der Waals surface area contributed by atoms with Gasteiger partial charge in [-0.1, -0.05) is 0 Å². The molecule has 1 rings (SSSR count). The molecule has 0 bridgehead atoms. The van der Waals surface area contributed by atoms with Crippen molar-refractivity contribution in [3.63, 3.8) is 0 Å². The summed E-state index contributed by atoms with van der Waals surface area (Å²) >= 11 is 0. The Balaban J connectivity index is 2.68. The first kappa shape index (κ1) is 12.4. The Morgan fingerprint density at radius 2 is 2.31 bits per heavy atom. The van der Waals surface area contributed by atoms with Gasteiger partial charge in [0.25, 0.3) is 5.91 Å². The lowest BCUT2D eigenvalue weighted by molar-refractivity contribution is 0.0953. The van der Waals surface area contributed by atoms with E-state index < -0.39 is 5.82 Å². The number of nitrogens with two attached hydrogens (primary N) is 1. The van der Waals surface area contributed by atoms with Gasteiger partial charge in [-0.15, -0.1) is 0 Å². The molecule has 3 N–H and O–H groups in total. The molecule has 0 saturated carbocycles. The Morgan fingerprint density at radius 3 is 2.94 bits per heavy atom. The summed E-state index contributed by atoms with van der Waals surface area (Å²) in [6.45, 7) is 1.03. The van der Waals surface area contributed by atoms with E-state index in [1.807, 2.05) is 0 Å². The molecule has 0 aliphatic heterocycles. The highest BCUT2D eigenvalue weighted by molar-refractivity contribution is 5.94. The lowest BCUT2D eigenvalue weighted by Crippen LogP contribution is -2.25. The average molecular weight is 226 g/mol. The number of hydrogen-bond donors (Lipinski definition) is 2. The van der Waals surface area contributed by atoms with Crippen LogP contribution < -0.4 is 15.8 Å². The molecule has 0 aliphatic carbocycles. The van der Waals surface area contributed by atoms with Crippen LogP contribution in [-0.4, -0.2) is 26.1 Å². The van der Waals surface area contributed by atoms with Gasteiger partial charge in [-0.25, -0.2) is 4.39 Å². The van der Waals surface area contributed by atoms with Gasteiger partial charge in [0.15, 0.2) is 11.6 Å². The Labute approximate surface area is 93.6 Å². The predicted octanol–water partition coefficient (Wildman–Crippen LogP) is 0.913. The monoisotopic (exact) mass is 226 g/mol. The standard InChI is InChI=1S/C11H15FN2O2/c1-16-10-7-8(3-4-9(10)12)11(15)14-6-2-5-13/h3-4,7H,2,5-6,13H2,1H3,(H,14,15). The van der Waals surface area contributed by atoms with Gasteiger partial charge < -0.3 is 15.8 Å². The predicted molar refractivity (Wildman–Crippen MR) is 59.0 cm³/mol. The first-order valence-electron chi connectivity index (χ1n) is 5.01. The number of hydrogen-bond acceptors (Lipinski definition) is 3. The van der Waals surface area contributed by atoms with Crippen LogP contribution in [0.1, 0.15) is 16.8 Å². The van der Waals surface area contributed by atoms with Crippen LogP contribution >= 0.6 is 0 Å². The van der Waals surface area contributed by atoms with Gasteiger partial charge >= 0.3 is 0 Å². The van der Waals surface area contributed by atoms with E-state index in [1.165, 1.54) is 25.3 Å². The highest BCUT2D eigenvalue weighted by Gasteiger charge is 2.09. The minimum atomic E-state index is -0.485. The highest BCUT2D eigenvalue weighted by atomic mass is 19.1. The lowest BCUT2D eigenvalue weighted by Gasteiger charge is -2.06. The minimum absolute atomic E-state index is 0.0616. The van der Waals surface area contributed by atoms with Gasteiger partial charge in [0.2, 0.25) is 0 Å². The number of carbonyl (C=O) groups excluding carboxylic acids is 1. The quantitative estimate of drug-likeness (QED) is 0.733. The molecule has 0 radical (unpaired) electrons. The van der Waals surface area contributed by atoms with Gasteiger partial charge in [0, 0.05) is 12.1 Å². The van der Waals surface area contributed by atoms with E-state index in [1.54, 1.807) is 0 Å². The molecule has 4 nitrogen and oxygen atoms in total. The van der Waals surface area contributed by atoms with E-state index in [-0.39, 0.29) is 11.7 Å². The maximum absolute atomic E-state index is 13.1. The molecule has 0 heterocycles. The fraction of sp³-hybridized carbons (Fsp3) is 0.364. The summed E-state index contributed by atoms with van der Waals surface area (Å²) in [6.07, 6.45) is 0.712. The molecule has 0 aliphatic rings. The van der Waals surface area contributed by atoms with Crippen LogP contribution in [0.4, 0.5) is 4.39 Å². The number of ether oxygens (including phenoxy) is 1. The van der Waals surface area contributed by atoms with E-state index >= 15 is 0 Å². The first-order chi connectivity index (χ1) is 7.69. The molecule has 0 fully saturated rings. The maximum atomic E-state index is 13.1. The zero-order valence-corrected chi connectivity index (χ0v) is 9.13. The van der Waals surface area contributed by atoms with Gasteiger partial charge in [-0.2, -0.15) is 0 Å². The van der Waals surface area contributed by atoms with Crippen molar-refractivity contribution >= 4 is 5.91 Å². The van der Waals surface area contributed by atoms with Crippen LogP contribution in [0.2, 0.25) is 0 Å². The fourth-order valence-corrected chi connectivity index (χ4v) is 1.21. The van der Waals surface area contributed by atoms with E-state index in [2.05, 4.69) is 5.32 Å². The molecular formula is C11H15FN2O2. The second kappa shape index (κ2) is 6.07. The van der Waals surface area contributed by atoms with Gasteiger partial charge in [-0.05, 0) is 31.2 Å². The smallest absolute Gasteiger partial charge is 0.251 e. The molecular weight excluding hydrogens is 211 g/mol. The summed E-state index contributed by atoms with van der Waals surface area (Å²) in [6, 6.07) is 3.99. The largest absolute Gasteiger partial charge is 0.494 e. The van der Waals surface area contributed by atoms with Crippen LogP contribution in [0.3, 0.4) is 0 Å². The van der Waals surface area contributed by atoms with Gasteiger partial charge in [0.1, 0.15) is 0 Å². The van der Waals surface area contributed by atoms with Crippen molar-refractivity contribution in [2.75, 3.05) is 20.2 Å². The van der Waals surface area contributed by atoms with E-state index in [0.717, 1.165) is 0 Å². The number of rotatable bonds is 5. The van der Waals surface area contributed by atoms with Crippen molar-refractivity contribution in [1.29, 1.82) is 0 Å². The first-order valence-corrected chi connectivity index (χ1v) is 5.01. The maximum Gasteiger partial charge on any atom is 0.251 e. The molecule has 0 unspecified atom stereocenters. The molecule has 1 aromatic carbocycles. The number of methoxy groups -OCH3 is 1. The molecule has 5 heteroatoms. The molecule has 0 spiro atoms. The van der Waals surface area contributed by atoms with Gasteiger partial charge in [0.05, 0.1) is 7.11 Å². The van der Waals surface area contributed by atoms with Crippen LogP contribution in [0, 0.1) is 5.82 Å². The topological polar surface area (TPSA) is 64.3 Å². The fourth-order valence-electron chi connectivity index (χ4n) is 1.21. The summed E-state index contributed by atoms with van der Waals surface area (Å²) < 4.78 is 17.9. The Morgan fingerprint density at radius 1 is 1.56 bits per heavy atom. The van der Waals surface area contributed by atoms with Crippen LogP contribution in [-0.2, 0) is 0 Å². The normalized spacial score (nSPS) is 9.94. The number of nitrogens with one attached hydrogen (secondary N) is 1. The van der Waals surface area contributed by atoms with Crippen molar-refractivity contribution in [3.05, 3.63) is 29.6 Å². The third kappa shape index (κ3) is 3.20. The summed E-state index contributed by atoms with van der Waals surface area (Å²) in [5.41, 5.74) is 5.67. The summed E-state index contributed by atoms with van der Waals surface area (Å²) in [7, 11) is 1.36. The highest BCUT2D eigenvalue weighted by Crippen LogP contribution is 2.17. The molecule has 1 aromatic rings. The summed E-state index contributed by atoms with van der Waals surface area (Å²) in [4.78, 5) is 11.6. The molecule has 16 heavy (non-hydrogen) atoms. The van der Waals surface area contributed by atoms with Gasteiger partial charge in [-0.3, -0.25) is 4.79 Å². The number of amides is 1.